The monoisotopic (exact) mass is 357 g/mol. The number of anilines is 1. The minimum Gasteiger partial charge on any atom is -0.342 e. The summed E-state index contributed by atoms with van der Waals surface area (Å²) in [7, 11) is 0. The summed E-state index contributed by atoms with van der Waals surface area (Å²) in [6.45, 7) is 6.41. The second kappa shape index (κ2) is 7.89. The predicted octanol–water partition coefficient (Wildman–Crippen LogP) is 1.69. The first-order chi connectivity index (χ1) is 12.6. The van der Waals surface area contributed by atoms with Crippen molar-refractivity contribution in [2.45, 2.75) is 33.1 Å². The van der Waals surface area contributed by atoms with E-state index in [9.17, 15) is 14.4 Å². The van der Waals surface area contributed by atoms with Gasteiger partial charge < -0.3 is 15.1 Å². The van der Waals surface area contributed by atoms with Crippen LogP contribution in [0.15, 0.2) is 18.2 Å². The number of benzene rings is 1. The molecule has 2 aliphatic rings. The fraction of sp³-hybridized carbons (Fsp3) is 0.550. The molecule has 1 aliphatic carbocycles. The van der Waals surface area contributed by atoms with Gasteiger partial charge in [-0.1, -0.05) is 32.0 Å². The summed E-state index contributed by atoms with van der Waals surface area (Å²) in [5.41, 5.74) is 3.18. The highest BCUT2D eigenvalue weighted by atomic mass is 16.2. The highest BCUT2D eigenvalue weighted by molar-refractivity contribution is 6.00. The number of nitrogens with zero attached hydrogens (tertiary/aromatic N) is 2. The quantitative estimate of drug-likeness (QED) is 0.788. The Kier molecular flexibility index (Phi) is 5.59. The van der Waals surface area contributed by atoms with E-state index in [2.05, 4.69) is 19.2 Å². The largest absolute Gasteiger partial charge is 0.342 e. The van der Waals surface area contributed by atoms with E-state index in [1.807, 2.05) is 18.2 Å². The fourth-order valence-corrected chi connectivity index (χ4v) is 3.66. The van der Waals surface area contributed by atoms with Gasteiger partial charge in [-0.3, -0.25) is 14.4 Å². The third kappa shape index (κ3) is 3.74. The van der Waals surface area contributed by atoms with E-state index in [1.165, 1.54) is 0 Å². The van der Waals surface area contributed by atoms with Crippen molar-refractivity contribution in [2.24, 2.45) is 11.8 Å². The number of aryl methyl sites for hydroxylation is 2. The SMILES string of the molecule is CCc1cccc(CC)c1NC(=O)C1CC1C(=O)N1CCN(C=O)CC1. The normalized spacial score (nSPS) is 22.1. The lowest BCUT2D eigenvalue weighted by Gasteiger charge is -2.32. The van der Waals surface area contributed by atoms with Crippen LogP contribution in [0.25, 0.3) is 0 Å². The first kappa shape index (κ1) is 18.4. The topological polar surface area (TPSA) is 69.7 Å². The molecule has 3 amide bonds. The van der Waals surface area contributed by atoms with Gasteiger partial charge in [-0.25, -0.2) is 0 Å². The maximum Gasteiger partial charge on any atom is 0.228 e. The number of nitrogens with one attached hydrogen (secondary N) is 1. The van der Waals surface area contributed by atoms with E-state index in [-0.39, 0.29) is 23.7 Å². The Morgan fingerprint density at radius 2 is 1.69 bits per heavy atom. The van der Waals surface area contributed by atoms with Gasteiger partial charge in [0, 0.05) is 31.9 Å². The number of para-hydroxylation sites is 1. The average molecular weight is 357 g/mol. The van der Waals surface area contributed by atoms with Gasteiger partial charge in [0.25, 0.3) is 0 Å². The maximum absolute atomic E-state index is 12.7. The molecule has 26 heavy (non-hydrogen) atoms. The summed E-state index contributed by atoms with van der Waals surface area (Å²) in [4.78, 5) is 39.5. The molecule has 0 radical (unpaired) electrons. The molecule has 6 heteroatoms. The second-order valence-corrected chi connectivity index (χ2v) is 7.06. The molecule has 1 saturated heterocycles. The molecule has 1 N–H and O–H groups in total. The number of piperazine rings is 1. The van der Waals surface area contributed by atoms with Crippen LogP contribution in [0.4, 0.5) is 5.69 Å². The van der Waals surface area contributed by atoms with Crippen molar-refractivity contribution < 1.29 is 14.4 Å². The van der Waals surface area contributed by atoms with Crippen LogP contribution in [0.3, 0.4) is 0 Å². The first-order valence-corrected chi connectivity index (χ1v) is 9.48. The molecule has 3 rings (SSSR count). The van der Waals surface area contributed by atoms with Gasteiger partial charge in [-0.2, -0.15) is 0 Å². The molecule has 1 heterocycles. The molecule has 1 aromatic rings. The highest BCUT2D eigenvalue weighted by Crippen LogP contribution is 2.41. The summed E-state index contributed by atoms with van der Waals surface area (Å²) in [5, 5.41) is 3.08. The van der Waals surface area contributed by atoms with Crippen molar-refractivity contribution in [3.05, 3.63) is 29.3 Å². The van der Waals surface area contributed by atoms with Gasteiger partial charge >= 0.3 is 0 Å². The Morgan fingerprint density at radius 3 is 2.23 bits per heavy atom. The summed E-state index contributed by atoms with van der Waals surface area (Å²) in [6, 6.07) is 6.10. The van der Waals surface area contributed by atoms with Crippen molar-refractivity contribution in [2.75, 3.05) is 31.5 Å². The Hall–Kier alpha value is -2.37. The fourth-order valence-electron chi connectivity index (χ4n) is 3.66. The Balaban J connectivity index is 1.60. The van der Waals surface area contributed by atoms with Crippen LogP contribution in [0.1, 0.15) is 31.4 Å². The summed E-state index contributed by atoms with van der Waals surface area (Å²) < 4.78 is 0. The molecule has 1 aromatic carbocycles. The minimum absolute atomic E-state index is 0.0505. The summed E-state index contributed by atoms with van der Waals surface area (Å²) in [6.07, 6.45) is 3.16. The van der Waals surface area contributed by atoms with Crippen molar-refractivity contribution in [1.29, 1.82) is 0 Å². The van der Waals surface area contributed by atoms with Crippen LogP contribution in [0, 0.1) is 11.8 Å². The average Bonchev–Trinajstić information content (AvgIpc) is 3.48. The summed E-state index contributed by atoms with van der Waals surface area (Å²) >= 11 is 0. The molecule has 0 spiro atoms. The van der Waals surface area contributed by atoms with Gasteiger partial charge in [0.05, 0.1) is 11.8 Å². The molecule has 1 aliphatic heterocycles. The van der Waals surface area contributed by atoms with Gasteiger partial charge in [-0.15, -0.1) is 0 Å². The van der Waals surface area contributed by atoms with Crippen molar-refractivity contribution in [3.8, 4) is 0 Å². The number of amides is 3. The lowest BCUT2D eigenvalue weighted by Crippen LogP contribution is -2.48. The first-order valence-electron chi connectivity index (χ1n) is 9.48. The highest BCUT2D eigenvalue weighted by Gasteiger charge is 2.49. The Morgan fingerprint density at radius 1 is 1.08 bits per heavy atom. The zero-order valence-corrected chi connectivity index (χ0v) is 15.5. The van der Waals surface area contributed by atoms with Crippen LogP contribution in [0.2, 0.25) is 0 Å². The van der Waals surface area contributed by atoms with Crippen LogP contribution < -0.4 is 5.32 Å². The lowest BCUT2D eigenvalue weighted by molar-refractivity contribution is -0.137. The van der Waals surface area contributed by atoms with Gasteiger partial charge in [0.1, 0.15) is 0 Å². The van der Waals surface area contributed by atoms with E-state index >= 15 is 0 Å². The van der Waals surface area contributed by atoms with Crippen LogP contribution in [-0.2, 0) is 27.2 Å². The third-order valence-electron chi connectivity index (χ3n) is 5.47. The second-order valence-electron chi connectivity index (χ2n) is 7.06. The molecule has 0 bridgehead atoms. The van der Waals surface area contributed by atoms with Crippen molar-refractivity contribution in [1.82, 2.24) is 9.80 Å². The van der Waals surface area contributed by atoms with Crippen LogP contribution in [-0.4, -0.2) is 54.2 Å². The molecule has 2 atom stereocenters. The van der Waals surface area contributed by atoms with E-state index < -0.39 is 0 Å². The Labute approximate surface area is 154 Å². The van der Waals surface area contributed by atoms with Crippen molar-refractivity contribution >= 4 is 23.9 Å². The van der Waals surface area contributed by atoms with Gasteiger partial charge in [-0.05, 0) is 30.4 Å². The smallest absolute Gasteiger partial charge is 0.228 e. The summed E-state index contributed by atoms with van der Waals surface area (Å²) in [5.74, 6) is -0.446. The Bertz CT molecular complexity index is 673. The van der Waals surface area contributed by atoms with E-state index in [4.69, 9.17) is 0 Å². The molecular formula is C20H27N3O3. The van der Waals surface area contributed by atoms with E-state index in [0.717, 1.165) is 36.1 Å². The van der Waals surface area contributed by atoms with Gasteiger partial charge in [0.2, 0.25) is 18.2 Å². The number of carbonyl (C=O) groups is 3. The molecule has 0 aromatic heterocycles. The zero-order chi connectivity index (χ0) is 18.7. The zero-order valence-electron chi connectivity index (χ0n) is 15.5. The standard InChI is InChI=1S/C20H27N3O3/c1-3-14-6-5-7-15(4-2)18(14)21-19(25)16-12-17(16)20(26)23-10-8-22(13-24)9-11-23/h5-7,13,16-17H,3-4,8-12H2,1-2H3,(H,21,25). The lowest BCUT2D eigenvalue weighted by atomic mass is 10.0. The molecular weight excluding hydrogens is 330 g/mol. The van der Waals surface area contributed by atoms with E-state index in [0.29, 0.717) is 32.6 Å². The maximum atomic E-state index is 12.7. The van der Waals surface area contributed by atoms with Crippen LogP contribution >= 0.6 is 0 Å². The number of carbonyl (C=O) groups excluding carboxylic acids is 3. The molecule has 140 valence electrons. The predicted molar refractivity (Wildman–Crippen MR) is 99.6 cm³/mol. The van der Waals surface area contributed by atoms with Crippen molar-refractivity contribution in [3.63, 3.8) is 0 Å². The van der Waals surface area contributed by atoms with Gasteiger partial charge in [0.15, 0.2) is 0 Å². The molecule has 2 unspecified atom stereocenters. The third-order valence-corrected chi connectivity index (χ3v) is 5.47. The number of rotatable bonds is 6. The number of hydrogen-bond donors (Lipinski definition) is 1. The molecule has 1 saturated carbocycles. The molecule has 2 fully saturated rings. The molecule has 6 nitrogen and oxygen atoms in total. The van der Waals surface area contributed by atoms with E-state index in [1.54, 1.807) is 9.80 Å². The minimum atomic E-state index is -0.235. The van der Waals surface area contributed by atoms with Crippen LogP contribution in [0.5, 0.6) is 0 Å². The number of hydrogen-bond acceptors (Lipinski definition) is 3.